The molecule has 0 spiro atoms. The molecule has 0 aliphatic rings. The highest BCUT2D eigenvalue weighted by Gasteiger charge is 2.28. The van der Waals surface area contributed by atoms with E-state index in [0.717, 1.165) is 30.8 Å². The Balaban J connectivity index is 2.85. The molecule has 0 bridgehead atoms. The van der Waals surface area contributed by atoms with Crippen molar-refractivity contribution in [3.63, 3.8) is 0 Å². The van der Waals surface area contributed by atoms with Crippen molar-refractivity contribution in [2.45, 2.75) is 59.4 Å². The lowest BCUT2D eigenvalue weighted by atomic mass is 9.76. The molecule has 2 heteroatoms. The highest BCUT2D eigenvalue weighted by molar-refractivity contribution is 6.31. The van der Waals surface area contributed by atoms with Crippen LogP contribution in [0.4, 0.5) is 0 Å². The van der Waals surface area contributed by atoms with Crippen LogP contribution in [0.3, 0.4) is 0 Å². The first-order valence-corrected chi connectivity index (χ1v) is 7.68. The number of rotatable bonds is 6. The van der Waals surface area contributed by atoms with Gasteiger partial charge in [-0.15, -0.1) is 0 Å². The second kappa shape index (κ2) is 6.76. The molecule has 0 aliphatic heterocycles. The second-order valence-electron chi connectivity index (χ2n) is 6.58. The summed E-state index contributed by atoms with van der Waals surface area (Å²) < 4.78 is 0. The van der Waals surface area contributed by atoms with Gasteiger partial charge in [0.25, 0.3) is 0 Å². The minimum atomic E-state index is 0.163. The molecule has 0 fully saturated rings. The summed E-state index contributed by atoms with van der Waals surface area (Å²) in [7, 11) is 0. The number of hydrogen-bond acceptors (Lipinski definition) is 1. The van der Waals surface area contributed by atoms with Crippen molar-refractivity contribution in [3.05, 3.63) is 34.9 Å². The number of hydrogen-bond donors (Lipinski definition) is 1. The molecule has 19 heavy (non-hydrogen) atoms. The minimum Gasteiger partial charge on any atom is -0.312 e. The lowest BCUT2D eigenvalue weighted by molar-refractivity contribution is 0.220. The van der Waals surface area contributed by atoms with Crippen molar-refractivity contribution in [2.24, 2.45) is 5.41 Å². The Morgan fingerprint density at radius 2 is 1.63 bits per heavy atom. The van der Waals surface area contributed by atoms with Gasteiger partial charge in [0, 0.05) is 17.1 Å². The number of benzene rings is 1. The van der Waals surface area contributed by atoms with Gasteiger partial charge in [-0.1, -0.05) is 43.6 Å². The van der Waals surface area contributed by atoms with Crippen molar-refractivity contribution >= 4 is 11.6 Å². The van der Waals surface area contributed by atoms with Crippen molar-refractivity contribution in [1.82, 2.24) is 5.32 Å². The van der Waals surface area contributed by atoms with Crippen molar-refractivity contribution in [2.75, 3.05) is 6.54 Å². The minimum absolute atomic E-state index is 0.163. The van der Waals surface area contributed by atoms with Crippen LogP contribution in [0.25, 0.3) is 0 Å². The molecule has 0 heterocycles. The summed E-state index contributed by atoms with van der Waals surface area (Å²) in [5, 5.41) is 4.55. The van der Waals surface area contributed by atoms with Crippen LogP contribution in [0.15, 0.2) is 24.3 Å². The van der Waals surface area contributed by atoms with Crippen LogP contribution in [0.1, 0.15) is 53.0 Å². The van der Waals surface area contributed by atoms with Crippen LogP contribution in [-0.2, 0) is 6.42 Å². The second-order valence-corrected chi connectivity index (χ2v) is 6.99. The van der Waals surface area contributed by atoms with Crippen molar-refractivity contribution < 1.29 is 0 Å². The van der Waals surface area contributed by atoms with E-state index >= 15 is 0 Å². The fourth-order valence-corrected chi connectivity index (χ4v) is 2.51. The summed E-state index contributed by atoms with van der Waals surface area (Å²) in [4.78, 5) is 0. The van der Waals surface area contributed by atoms with E-state index in [2.05, 4.69) is 52.1 Å². The predicted molar refractivity (Wildman–Crippen MR) is 85.9 cm³/mol. The first-order valence-electron chi connectivity index (χ1n) is 7.30. The first kappa shape index (κ1) is 16.5. The summed E-state index contributed by atoms with van der Waals surface area (Å²) in [5.41, 5.74) is 1.72. The Morgan fingerprint density at radius 3 is 2.11 bits per heavy atom. The Hall–Kier alpha value is -0.530. The lowest BCUT2D eigenvalue weighted by Crippen LogP contribution is -2.44. The average molecular weight is 282 g/mol. The molecule has 0 amide bonds. The molecule has 108 valence electrons. The zero-order valence-electron chi connectivity index (χ0n) is 13.0. The largest absolute Gasteiger partial charge is 0.312 e. The van der Waals surface area contributed by atoms with Crippen LogP contribution in [0.2, 0.25) is 5.02 Å². The van der Waals surface area contributed by atoms with E-state index in [-0.39, 0.29) is 11.0 Å². The third-order valence-corrected chi connectivity index (χ3v) is 4.39. The zero-order valence-corrected chi connectivity index (χ0v) is 13.8. The Bertz CT molecular complexity index is 388. The molecule has 0 atom stereocenters. The number of nitrogens with one attached hydrogen (secondary N) is 1. The predicted octanol–water partition coefficient (Wildman–Crippen LogP) is 5.08. The fraction of sp³-hybridized carbons (Fsp3) is 0.647. The van der Waals surface area contributed by atoms with Gasteiger partial charge in [-0.3, -0.25) is 0 Å². The van der Waals surface area contributed by atoms with E-state index in [4.69, 9.17) is 11.6 Å². The Labute approximate surface area is 123 Å². The summed E-state index contributed by atoms with van der Waals surface area (Å²) in [6.45, 7) is 12.3. The van der Waals surface area contributed by atoms with Crippen molar-refractivity contribution in [1.29, 1.82) is 0 Å². The summed E-state index contributed by atoms with van der Waals surface area (Å²) in [5.74, 6) is 0. The van der Waals surface area contributed by atoms with Crippen LogP contribution >= 0.6 is 11.6 Å². The normalized spacial score (nSPS) is 12.7. The third-order valence-electron chi connectivity index (χ3n) is 4.02. The van der Waals surface area contributed by atoms with Gasteiger partial charge in [-0.05, 0) is 57.1 Å². The molecule has 0 saturated carbocycles. The maximum atomic E-state index is 6.31. The Morgan fingerprint density at radius 1 is 1.05 bits per heavy atom. The summed E-state index contributed by atoms with van der Waals surface area (Å²) >= 11 is 6.31. The molecule has 1 aromatic carbocycles. The van der Waals surface area contributed by atoms with E-state index in [1.54, 1.807) is 0 Å². The van der Waals surface area contributed by atoms with Crippen LogP contribution in [0, 0.1) is 5.41 Å². The van der Waals surface area contributed by atoms with E-state index < -0.39 is 0 Å². The first-order chi connectivity index (χ1) is 8.82. The monoisotopic (exact) mass is 281 g/mol. The van der Waals surface area contributed by atoms with Gasteiger partial charge in [0.15, 0.2) is 0 Å². The van der Waals surface area contributed by atoms with Crippen LogP contribution < -0.4 is 5.32 Å². The molecular weight excluding hydrogens is 254 g/mol. The average Bonchev–Trinajstić information content (AvgIpc) is 2.36. The van der Waals surface area contributed by atoms with Crippen molar-refractivity contribution in [3.8, 4) is 0 Å². The molecule has 0 unspecified atom stereocenters. The maximum absolute atomic E-state index is 6.31. The van der Waals surface area contributed by atoms with E-state index in [0.29, 0.717) is 0 Å². The van der Waals surface area contributed by atoms with Gasteiger partial charge >= 0.3 is 0 Å². The molecule has 0 radical (unpaired) electrons. The molecule has 0 aliphatic carbocycles. The maximum Gasteiger partial charge on any atom is 0.0438 e. The fourth-order valence-electron chi connectivity index (χ4n) is 2.31. The summed E-state index contributed by atoms with van der Waals surface area (Å²) in [6, 6.07) is 8.22. The van der Waals surface area contributed by atoms with Gasteiger partial charge in [-0.2, -0.15) is 0 Å². The van der Waals surface area contributed by atoms with E-state index in [9.17, 15) is 0 Å². The number of halogens is 1. The van der Waals surface area contributed by atoms with Gasteiger partial charge < -0.3 is 5.32 Å². The summed E-state index contributed by atoms with van der Waals surface area (Å²) in [6.07, 6.45) is 3.37. The van der Waals surface area contributed by atoms with Gasteiger partial charge in [0.05, 0.1) is 0 Å². The van der Waals surface area contributed by atoms with E-state index in [1.165, 1.54) is 5.56 Å². The molecule has 1 aromatic rings. The topological polar surface area (TPSA) is 12.0 Å². The molecule has 0 saturated heterocycles. The lowest BCUT2D eigenvalue weighted by Gasteiger charge is -2.36. The molecule has 0 aromatic heterocycles. The molecule has 1 nitrogen and oxygen atoms in total. The van der Waals surface area contributed by atoms with Crippen LogP contribution in [0.5, 0.6) is 0 Å². The zero-order chi connectivity index (χ0) is 14.5. The standard InChI is InChI=1S/C17H28ClN/c1-6-17(7-2,13-19-16(3,4)5)12-14-10-8-9-11-15(14)18/h8-11,19H,6-7,12-13H2,1-5H3. The molecular formula is C17H28ClN. The molecule has 1 N–H and O–H groups in total. The van der Waals surface area contributed by atoms with E-state index in [1.807, 2.05) is 12.1 Å². The van der Waals surface area contributed by atoms with Gasteiger partial charge in [-0.25, -0.2) is 0 Å². The highest BCUT2D eigenvalue weighted by atomic mass is 35.5. The smallest absolute Gasteiger partial charge is 0.0438 e. The van der Waals surface area contributed by atoms with Crippen LogP contribution in [-0.4, -0.2) is 12.1 Å². The Kier molecular flexibility index (Phi) is 5.88. The third kappa shape index (κ3) is 5.16. The van der Waals surface area contributed by atoms with Gasteiger partial charge in [0.1, 0.15) is 0 Å². The molecule has 1 rings (SSSR count). The SMILES string of the molecule is CCC(CC)(CNC(C)(C)C)Cc1ccccc1Cl. The quantitative estimate of drug-likeness (QED) is 0.767. The van der Waals surface area contributed by atoms with Gasteiger partial charge in [0.2, 0.25) is 0 Å². The highest BCUT2D eigenvalue weighted by Crippen LogP contribution is 2.33.